The van der Waals surface area contributed by atoms with Gasteiger partial charge >= 0.3 is 5.97 Å². The Bertz CT molecular complexity index is 875. The Labute approximate surface area is 143 Å². The van der Waals surface area contributed by atoms with Crippen LogP contribution in [-0.2, 0) is 0 Å². The molecule has 2 aromatic carbocycles. The van der Waals surface area contributed by atoms with E-state index in [1.165, 1.54) is 0 Å². The Kier molecular flexibility index (Phi) is 4.20. The van der Waals surface area contributed by atoms with Gasteiger partial charge in [0.1, 0.15) is 5.69 Å². The molecule has 3 rings (SSSR count). The molecule has 118 valence electrons. The molecule has 6 heteroatoms. The first-order valence-corrected chi connectivity index (χ1v) is 7.85. The maximum absolute atomic E-state index is 11.7. The number of fused-ring (bicyclic) bond motifs is 1. The Morgan fingerprint density at radius 1 is 1.22 bits per heavy atom. The van der Waals surface area contributed by atoms with E-state index < -0.39 is 5.97 Å². The highest BCUT2D eigenvalue weighted by Gasteiger charge is 2.24. The van der Waals surface area contributed by atoms with Crippen molar-refractivity contribution in [2.45, 2.75) is 6.92 Å². The highest BCUT2D eigenvalue weighted by atomic mass is 35.5. The molecule has 2 N–H and O–H groups in total. The number of hydrogen-bond acceptors (Lipinski definition) is 2. The largest absolute Gasteiger partial charge is 0.477 e. The number of aromatic nitrogens is 1. The molecule has 0 aliphatic carbocycles. The number of para-hydroxylation sites is 1. The maximum Gasteiger partial charge on any atom is 0.354 e. The highest BCUT2D eigenvalue weighted by Crippen LogP contribution is 2.40. The number of carboxylic acids is 1. The van der Waals surface area contributed by atoms with E-state index in [0.29, 0.717) is 33.2 Å². The van der Waals surface area contributed by atoms with Crippen molar-refractivity contribution in [3.8, 4) is 0 Å². The second-order valence-electron chi connectivity index (χ2n) is 5.04. The van der Waals surface area contributed by atoms with Crippen molar-refractivity contribution in [2.75, 3.05) is 11.4 Å². The molecule has 3 aromatic rings. The summed E-state index contributed by atoms with van der Waals surface area (Å²) in [5.41, 5.74) is 2.13. The predicted octanol–water partition coefficient (Wildman–Crippen LogP) is 5.33. The molecule has 0 aliphatic rings. The number of aromatic carboxylic acids is 1. The van der Waals surface area contributed by atoms with Crippen LogP contribution < -0.4 is 4.90 Å². The Morgan fingerprint density at radius 2 is 1.91 bits per heavy atom. The van der Waals surface area contributed by atoms with Gasteiger partial charge in [0.05, 0.1) is 16.2 Å². The van der Waals surface area contributed by atoms with Gasteiger partial charge in [0, 0.05) is 22.6 Å². The average Bonchev–Trinajstić information content (AvgIpc) is 2.89. The third-order valence-corrected chi connectivity index (χ3v) is 4.17. The number of aromatic amines is 1. The summed E-state index contributed by atoms with van der Waals surface area (Å²) in [5, 5.41) is 11.1. The second kappa shape index (κ2) is 6.14. The highest BCUT2D eigenvalue weighted by molar-refractivity contribution is 6.40. The van der Waals surface area contributed by atoms with Gasteiger partial charge in [0.25, 0.3) is 0 Å². The van der Waals surface area contributed by atoms with Crippen LogP contribution in [0.15, 0.2) is 42.5 Å². The number of halogens is 2. The van der Waals surface area contributed by atoms with Gasteiger partial charge in [-0.2, -0.15) is 0 Å². The summed E-state index contributed by atoms with van der Waals surface area (Å²) in [6.45, 7) is 2.55. The minimum absolute atomic E-state index is 0.0925. The van der Waals surface area contributed by atoms with E-state index in [4.69, 9.17) is 23.2 Å². The van der Waals surface area contributed by atoms with Gasteiger partial charge in [-0.25, -0.2) is 4.79 Å². The molecular weight excluding hydrogens is 335 g/mol. The molecule has 0 amide bonds. The molecule has 0 saturated carbocycles. The summed E-state index contributed by atoms with van der Waals surface area (Å²) in [6, 6.07) is 12.9. The standard InChI is InChI=1S/C17H14Cl2N2O2/c1-2-21(11-6-4-3-5-7-11)16-14-12(19)8-10(18)9-13(14)20-15(16)17(22)23/h3-9,20H,2H2,1H3,(H,22,23). The van der Waals surface area contributed by atoms with Crippen LogP contribution in [0.1, 0.15) is 17.4 Å². The Balaban J connectivity index is 2.34. The zero-order chi connectivity index (χ0) is 16.6. The van der Waals surface area contributed by atoms with Crippen LogP contribution in [0.5, 0.6) is 0 Å². The van der Waals surface area contributed by atoms with E-state index in [1.807, 2.05) is 42.2 Å². The number of H-pyrrole nitrogens is 1. The third kappa shape index (κ3) is 2.76. The molecule has 1 heterocycles. The van der Waals surface area contributed by atoms with Crippen molar-refractivity contribution in [3.63, 3.8) is 0 Å². The molecule has 0 spiro atoms. The van der Waals surface area contributed by atoms with Crippen molar-refractivity contribution in [1.82, 2.24) is 4.98 Å². The predicted molar refractivity (Wildman–Crippen MR) is 94.4 cm³/mol. The number of hydrogen-bond donors (Lipinski definition) is 2. The zero-order valence-corrected chi connectivity index (χ0v) is 13.8. The summed E-state index contributed by atoms with van der Waals surface area (Å²) in [6.07, 6.45) is 0. The van der Waals surface area contributed by atoms with E-state index in [0.717, 1.165) is 5.69 Å². The quantitative estimate of drug-likeness (QED) is 0.669. The van der Waals surface area contributed by atoms with E-state index in [2.05, 4.69) is 4.98 Å². The molecule has 0 bridgehead atoms. The number of anilines is 2. The first kappa shape index (κ1) is 15.7. The average molecular weight is 349 g/mol. The fourth-order valence-electron chi connectivity index (χ4n) is 2.73. The molecule has 0 saturated heterocycles. The lowest BCUT2D eigenvalue weighted by atomic mass is 10.1. The van der Waals surface area contributed by atoms with E-state index in [9.17, 15) is 9.90 Å². The lowest BCUT2D eigenvalue weighted by molar-refractivity contribution is 0.0692. The van der Waals surface area contributed by atoms with Crippen LogP contribution in [0, 0.1) is 0 Å². The normalized spacial score (nSPS) is 10.9. The third-order valence-electron chi connectivity index (χ3n) is 3.66. The number of nitrogens with one attached hydrogen (secondary N) is 1. The monoisotopic (exact) mass is 348 g/mol. The molecule has 23 heavy (non-hydrogen) atoms. The fourth-order valence-corrected chi connectivity index (χ4v) is 3.32. The molecule has 0 radical (unpaired) electrons. The maximum atomic E-state index is 11.7. The number of rotatable bonds is 4. The Hall–Kier alpha value is -2.17. The summed E-state index contributed by atoms with van der Waals surface area (Å²) < 4.78 is 0. The van der Waals surface area contributed by atoms with Gasteiger partial charge in [-0.1, -0.05) is 41.4 Å². The van der Waals surface area contributed by atoms with Crippen molar-refractivity contribution in [1.29, 1.82) is 0 Å². The molecule has 0 aliphatic heterocycles. The smallest absolute Gasteiger partial charge is 0.354 e. The molecule has 0 unspecified atom stereocenters. The number of benzene rings is 2. The molecule has 0 atom stereocenters. The molecule has 4 nitrogen and oxygen atoms in total. The van der Waals surface area contributed by atoms with E-state index in [1.54, 1.807) is 12.1 Å². The minimum atomic E-state index is -1.04. The van der Waals surface area contributed by atoms with Crippen LogP contribution in [0.3, 0.4) is 0 Å². The van der Waals surface area contributed by atoms with Gasteiger partial charge in [-0.05, 0) is 31.2 Å². The van der Waals surface area contributed by atoms with Gasteiger partial charge in [0.15, 0.2) is 0 Å². The number of carboxylic acid groups (broad SMARTS) is 1. The Morgan fingerprint density at radius 3 is 2.52 bits per heavy atom. The molecular formula is C17H14Cl2N2O2. The van der Waals surface area contributed by atoms with Crippen LogP contribution in [-0.4, -0.2) is 22.6 Å². The van der Waals surface area contributed by atoms with Crippen LogP contribution in [0.2, 0.25) is 10.0 Å². The summed E-state index contributed by atoms with van der Waals surface area (Å²) >= 11 is 12.4. The zero-order valence-electron chi connectivity index (χ0n) is 12.3. The van der Waals surface area contributed by atoms with Gasteiger partial charge < -0.3 is 15.0 Å². The number of nitrogens with zero attached hydrogens (tertiary/aromatic N) is 1. The first-order chi connectivity index (χ1) is 11.0. The fraction of sp³-hybridized carbons (Fsp3) is 0.118. The van der Waals surface area contributed by atoms with Crippen molar-refractivity contribution >= 4 is 51.4 Å². The van der Waals surface area contributed by atoms with Crippen LogP contribution in [0.25, 0.3) is 10.9 Å². The molecule has 0 fully saturated rings. The molecule has 1 aromatic heterocycles. The van der Waals surface area contributed by atoms with Gasteiger partial charge in [0.2, 0.25) is 0 Å². The van der Waals surface area contributed by atoms with Crippen molar-refractivity contribution < 1.29 is 9.90 Å². The first-order valence-electron chi connectivity index (χ1n) is 7.09. The van der Waals surface area contributed by atoms with Crippen molar-refractivity contribution in [3.05, 3.63) is 58.2 Å². The van der Waals surface area contributed by atoms with E-state index >= 15 is 0 Å². The van der Waals surface area contributed by atoms with Gasteiger partial charge in [-0.3, -0.25) is 0 Å². The van der Waals surface area contributed by atoms with Crippen molar-refractivity contribution in [2.24, 2.45) is 0 Å². The lowest BCUT2D eigenvalue weighted by Gasteiger charge is -2.23. The summed E-state index contributed by atoms with van der Waals surface area (Å²) in [5.74, 6) is -1.04. The summed E-state index contributed by atoms with van der Waals surface area (Å²) in [4.78, 5) is 16.5. The lowest BCUT2D eigenvalue weighted by Crippen LogP contribution is -2.18. The topological polar surface area (TPSA) is 56.3 Å². The van der Waals surface area contributed by atoms with Crippen LogP contribution >= 0.6 is 23.2 Å². The minimum Gasteiger partial charge on any atom is -0.477 e. The van der Waals surface area contributed by atoms with Gasteiger partial charge in [-0.15, -0.1) is 0 Å². The van der Waals surface area contributed by atoms with Crippen LogP contribution in [0.4, 0.5) is 11.4 Å². The summed E-state index contributed by atoms with van der Waals surface area (Å²) in [7, 11) is 0. The van der Waals surface area contributed by atoms with E-state index in [-0.39, 0.29) is 5.69 Å². The SMILES string of the molecule is CCN(c1ccccc1)c1c(C(=O)O)[nH]c2cc(Cl)cc(Cl)c12. The number of carbonyl (C=O) groups is 1. The second-order valence-corrected chi connectivity index (χ2v) is 5.89.